The highest BCUT2D eigenvalue weighted by molar-refractivity contribution is 7.89. The Morgan fingerprint density at radius 2 is 2.00 bits per heavy atom. The SMILES string of the molecule is CCCCS(=O)(=O)N1CCC(Oc2nncc3ccccc23)CC1. The molecule has 0 atom stereocenters. The number of aromatic nitrogens is 2. The number of nitrogens with zero attached hydrogens (tertiary/aromatic N) is 3. The maximum Gasteiger partial charge on any atom is 0.241 e. The normalized spacial score (nSPS) is 17.2. The molecular formula is C17H23N3O3S. The van der Waals surface area contributed by atoms with Crippen molar-refractivity contribution in [3.63, 3.8) is 0 Å². The third-order valence-electron chi connectivity index (χ3n) is 4.37. The molecule has 1 fully saturated rings. The average molecular weight is 349 g/mol. The van der Waals surface area contributed by atoms with E-state index >= 15 is 0 Å². The first-order valence-electron chi connectivity index (χ1n) is 8.45. The first-order chi connectivity index (χ1) is 11.6. The van der Waals surface area contributed by atoms with Gasteiger partial charge in [0, 0.05) is 23.9 Å². The molecule has 24 heavy (non-hydrogen) atoms. The highest BCUT2D eigenvalue weighted by Gasteiger charge is 2.28. The standard InChI is InChI=1S/C17H23N3O3S/c1-2-3-12-24(21,22)20-10-8-15(9-11-20)23-17-16-7-5-4-6-14(16)13-18-19-17/h4-7,13,15H,2-3,8-12H2,1H3. The zero-order valence-corrected chi connectivity index (χ0v) is 14.7. The van der Waals surface area contributed by atoms with E-state index in [1.54, 1.807) is 10.5 Å². The molecule has 0 bridgehead atoms. The van der Waals surface area contributed by atoms with E-state index < -0.39 is 10.0 Å². The van der Waals surface area contributed by atoms with Gasteiger partial charge in [0.05, 0.1) is 11.9 Å². The molecule has 1 aromatic carbocycles. The predicted molar refractivity (Wildman–Crippen MR) is 93.5 cm³/mol. The van der Waals surface area contributed by atoms with Crippen LogP contribution in [-0.4, -0.2) is 47.9 Å². The molecule has 3 rings (SSSR count). The number of rotatable bonds is 6. The van der Waals surface area contributed by atoms with Crippen molar-refractivity contribution in [1.82, 2.24) is 14.5 Å². The molecule has 0 unspecified atom stereocenters. The number of unbranched alkanes of at least 4 members (excludes halogenated alkanes) is 1. The molecule has 0 aliphatic carbocycles. The summed E-state index contributed by atoms with van der Waals surface area (Å²) >= 11 is 0. The van der Waals surface area contributed by atoms with Crippen molar-refractivity contribution in [2.24, 2.45) is 0 Å². The summed E-state index contributed by atoms with van der Waals surface area (Å²) in [7, 11) is -3.13. The lowest BCUT2D eigenvalue weighted by Gasteiger charge is -2.31. The van der Waals surface area contributed by atoms with Gasteiger partial charge in [0.15, 0.2) is 0 Å². The first-order valence-corrected chi connectivity index (χ1v) is 10.1. The van der Waals surface area contributed by atoms with Crippen molar-refractivity contribution in [3.05, 3.63) is 30.5 Å². The number of hydrogen-bond acceptors (Lipinski definition) is 5. The van der Waals surface area contributed by atoms with Crippen molar-refractivity contribution in [2.75, 3.05) is 18.8 Å². The third kappa shape index (κ3) is 3.84. The summed E-state index contributed by atoms with van der Waals surface area (Å²) in [6.45, 7) is 3.02. The second-order valence-electron chi connectivity index (χ2n) is 6.12. The second kappa shape index (κ2) is 7.44. The summed E-state index contributed by atoms with van der Waals surface area (Å²) in [5.41, 5.74) is 0. The number of benzene rings is 1. The fourth-order valence-electron chi connectivity index (χ4n) is 2.93. The van der Waals surface area contributed by atoms with Crippen LogP contribution in [0.5, 0.6) is 5.88 Å². The minimum absolute atomic E-state index is 0.0252. The zero-order valence-electron chi connectivity index (χ0n) is 13.9. The maximum absolute atomic E-state index is 12.2. The molecule has 0 amide bonds. The Morgan fingerprint density at radius 3 is 2.75 bits per heavy atom. The summed E-state index contributed by atoms with van der Waals surface area (Å²) in [5.74, 6) is 0.768. The number of fused-ring (bicyclic) bond motifs is 1. The fraction of sp³-hybridized carbons (Fsp3) is 0.529. The first kappa shape index (κ1) is 17.1. The van der Waals surface area contributed by atoms with Crippen LogP contribution in [0.2, 0.25) is 0 Å². The second-order valence-corrected chi connectivity index (χ2v) is 8.21. The lowest BCUT2D eigenvalue weighted by Crippen LogP contribution is -2.42. The minimum Gasteiger partial charge on any atom is -0.473 e. The summed E-state index contributed by atoms with van der Waals surface area (Å²) < 4.78 is 32.1. The lowest BCUT2D eigenvalue weighted by atomic mass is 10.1. The highest BCUT2D eigenvalue weighted by atomic mass is 32.2. The van der Waals surface area contributed by atoms with Crippen molar-refractivity contribution in [3.8, 4) is 5.88 Å². The number of hydrogen-bond donors (Lipinski definition) is 0. The van der Waals surface area contributed by atoms with Crippen LogP contribution in [0.3, 0.4) is 0 Å². The Balaban J connectivity index is 1.63. The van der Waals surface area contributed by atoms with Crippen LogP contribution in [0.15, 0.2) is 30.5 Å². The van der Waals surface area contributed by atoms with Gasteiger partial charge in [-0.05, 0) is 25.3 Å². The Labute approximate surface area is 142 Å². The Kier molecular flexibility index (Phi) is 5.30. The molecule has 0 spiro atoms. The van der Waals surface area contributed by atoms with E-state index in [2.05, 4.69) is 10.2 Å². The van der Waals surface area contributed by atoms with Crippen LogP contribution in [0.1, 0.15) is 32.6 Å². The summed E-state index contributed by atoms with van der Waals surface area (Å²) in [6, 6.07) is 7.83. The van der Waals surface area contributed by atoms with E-state index in [1.807, 2.05) is 31.2 Å². The van der Waals surface area contributed by atoms with Crippen molar-refractivity contribution in [2.45, 2.75) is 38.7 Å². The number of sulfonamides is 1. The molecule has 0 N–H and O–H groups in total. The van der Waals surface area contributed by atoms with Crippen LogP contribution in [0.4, 0.5) is 0 Å². The number of piperidine rings is 1. The Morgan fingerprint density at radius 1 is 1.25 bits per heavy atom. The topological polar surface area (TPSA) is 72.4 Å². The molecule has 130 valence electrons. The zero-order chi connectivity index (χ0) is 17.0. The van der Waals surface area contributed by atoms with E-state index in [0.29, 0.717) is 38.2 Å². The minimum atomic E-state index is -3.13. The van der Waals surface area contributed by atoms with Crippen molar-refractivity contribution >= 4 is 20.8 Å². The molecule has 2 heterocycles. The third-order valence-corrected chi connectivity index (χ3v) is 6.32. The molecular weight excluding hydrogens is 326 g/mol. The van der Waals surface area contributed by atoms with Crippen molar-refractivity contribution < 1.29 is 13.2 Å². The predicted octanol–water partition coefficient (Wildman–Crippen LogP) is 2.60. The van der Waals surface area contributed by atoms with Gasteiger partial charge in [-0.25, -0.2) is 12.7 Å². The molecule has 1 aromatic heterocycles. The molecule has 2 aromatic rings. The van der Waals surface area contributed by atoms with Gasteiger partial charge in [-0.1, -0.05) is 31.5 Å². The average Bonchev–Trinajstić information content (AvgIpc) is 2.61. The summed E-state index contributed by atoms with van der Waals surface area (Å²) in [6.07, 6.45) is 4.64. The van der Waals surface area contributed by atoms with Gasteiger partial charge in [0.2, 0.25) is 15.9 Å². The Bertz CT molecular complexity index is 781. The quantitative estimate of drug-likeness (QED) is 0.801. The molecule has 7 heteroatoms. The van der Waals surface area contributed by atoms with Crippen LogP contribution in [0, 0.1) is 0 Å². The molecule has 1 saturated heterocycles. The number of ether oxygens (including phenoxy) is 1. The van der Waals surface area contributed by atoms with Gasteiger partial charge in [0.1, 0.15) is 6.10 Å². The Hall–Kier alpha value is -1.73. The van der Waals surface area contributed by atoms with Crippen LogP contribution >= 0.6 is 0 Å². The van der Waals surface area contributed by atoms with Gasteiger partial charge in [-0.15, -0.1) is 5.10 Å². The van der Waals surface area contributed by atoms with E-state index in [-0.39, 0.29) is 11.9 Å². The van der Waals surface area contributed by atoms with Gasteiger partial charge in [-0.3, -0.25) is 0 Å². The molecule has 0 saturated carbocycles. The maximum atomic E-state index is 12.2. The van der Waals surface area contributed by atoms with Crippen LogP contribution in [-0.2, 0) is 10.0 Å². The largest absolute Gasteiger partial charge is 0.473 e. The van der Waals surface area contributed by atoms with Crippen molar-refractivity contribution in [1.29, 1.82) is 0 Å². The molecule has 1 aliphatic rings. The van der Waals surface area contributed by atoms with Crippen LogP contribution in [0.25, 0.3) is 10.8 Å². The monoisotopic (exact) mass is 349 g/mol. The van der Waals surface area contributed by atoms with E-state index in [0.717, 1.165) is 17.2 Å². The van der Waals surface area contributed by atoms with E-state index in [1.165, 1.54) is 0 Å². The van der Waals surface area contributed by atoms with Gasteiger partial charge >= 0.3 is 0 Å². The molecule has 0 radical (unpaired) electrons. The lowest BCUT2D eigenvalue weighted by molar-refractivity contribution is 0.130. The summed E-state index contributed by atoms with van der Waals surface area (Å²) in [4.78, 5) is 0. The summed E-state index contributed by atoms with van der Waals surface area (Å²) in [5, 5.41) is 10.0. The van der Waals surface area contributed by atoms with Gasteiger partial charge in [0.25, 0.3) is 0 Å². The fourth-order valence-corrected chi connectivity index (χ4v) is 4.61. The van der Waals surface area contributed by atoms with E-state index in [4.69, 9.17) is 4.74 Å². The molecule has 1 aliphatic heterocycles. The van der Waals surface area contributed by atoms with Crippen LogP contribution < -0.4 is 4.74 Å². The van der Waals surface area contributed by atoms with Gasteiger partial charge < -0.3 is 4.74 Å². The highest BCUT2D eigenvalue weighted by Crippen LogP contribution is 2.25. The van der Waals surface area contributed by atoms with Gasteiger partial charge in [-0.2, -0.15) is 5.10 Å². The molecule has 6 nitrogen and oxygen atoms in total. The van der Waals surface area contributed by atoms with E-state index in [9.17, 15) is 8.42 Å². The smallest absolute Gasteiger partial charge is 0.241 e.